The molecule has 2 unspecified atom stereocenters. The highest BCUT2D eigenvalue weighted by atomic mass is 19.1. The number of amides is 1. The summed E-state index contributed by atoms with van der Waals surface area (Å²) in [6, 6.07) is 6.81. The van der Waals surface area contributed by atoms with Gasteiger partial charge in [0.25, 0.3) is 5.91 Å². The van der Waals surface area contributed by atoms with Gasteiger partial charge in [-0.05, 0) is 31.5 Å². The lowest BCUT2D eigenvalue weighted by Crippen LogP contribution is -2.55. The third kappa shape index (κ3) is 3.73. The quantitative estimate of drug-likeness (QED) is 0.926. The Kier molecular flexibility index (Phi) is 4.38. The van der Waals surface area contributed by atoms with Gasteiger partial charge in [0.1, 0.15) is 5.82 Å². The molecule has 23 heavy (non-hydrogen) atoms. The van der Waals surface area contributed by atoms with E-state index in [0.717, 1.165) is 5.56 Å². The van der Waals surface area contributed by atoms with Crippen LogP contribution < -0.4 is 5.32 Å². The number of aromatic nitrogens is 3. The standard InChI is InChI=1S/C16H20FN5O/c1-11-7-21(8-12(2)18-11)16(23)15-10-22(20-19-15)9-13-4-3-5-14(17)6-13/h3-6,10-12,18H,7-9H2,1-2H3. The van der Waals surface area contributed by atoms with Crippen molar-refractivity contribution in [3.05, 3.63) is 47.5 Å². The van der Waals surface area contributed by atoms with Gasteiger partial charge in [-0.25, -0.2) is 9.07 Å². The van der Waals surface area contributed by atoms with E-state index in [9.17, 15) is 9.18 Å². The summed E-state index contributed by atoms with van der Waals surface area (Å²) in [6.07, 6.45) is 1.62. The van der Waals surface area contributed by atoms with Crippen molar-refractivity contribution in [2.75, 3.05) is 13.1 Å². The van der Waals surface area contributed by atoms with Crippen LogP contribution in [0.2, 0.25) is 0 Å². The molecule has 1 aromatic heterocycles. The summed E-state index contributed by atoms with van der Waals surface area (Å²) in [5, 5.41) is 11.3. The van der Waals surface area contributed by atoms with Crippen molar-refractivity contribution >= 4 is 5.91 Å². The van der Waals surface area contributed by atoms with Gasteiger partial charge >= 0.3 is 0 Å². The number of piperazine rings is 1. The van der Waals surface area contributed by atoms with Gasteiger partial charge in [0, 0.05) is 25.2 Å². The van der Waals surface area contributed by atoms with Gasteiger partial charge in [0.05, 0.1) is 12.7 Å². The minimum Gasteiger partial charge on any atom is -0.334 e. The van der Waals surface area contributed by atoms with Crippen LogP contribution in [-0.4, -0.2) is 51.0 Å². The van der Waals surface area contributed by atoms with Gasteiger partial charge in [-0.3, -0.25) is 4.79 Å². The van der Waals surface area contributed by atoms with Gasteiger partial charge in [-0.15, -0.1) is 5.10 Å². The zero-order valence-electron chi connectivity index (χ0n) is 13.2. The summed E-state index contributed by atoms with van der Waals surface area (Å²) in [5.74, 6) is -0.404. The van der Waals surface area contributed by atoms with Crippen LogP contribution in [0.4, 0.5) is 4.39 Å². The number of carbonyl (C=O) groups excluding carboxylic acids is 1. The molecule has 2 aromatic rings. The van der Waals surface area contributed by atoms with Crippen molar-refractivity contribution < 1.29 is 9.18 Å². The van der Waals surface area contributed by atoms with E-state index >= 15 is 0 Å². The first-order valence-electron chi connectivity index (χ1n) is 7.71. The first kappa shape index (κ1) is 15.6. The van der Waals surface area contributed by atoms with E-state index in [1.807, 2.05) is 6.07 Å². The molecule has 0 spiro atoms. The largest absolute Gasteiger partial charge is 0.334 e. The number of benzene rings is 1. The second-order valence-electron chi connectivity index (χ2n) is 6.11. The molecule has 1 aromatic carbocycles. The Hall–Kier alpha value is -2.28. The zero-order valence-corrected chi connectivity index (χ0v) is 13.2. The number of hydrogen-bond acceptors (Lipinski definition) is 4. The molecule has 2 atom stereocenters. The molecule has 7 heteroatoms. The van der Waals surface area contributed by atoms with Gasteiger partial charge in [0.2, 0.25) is 0 Å². The number of hydrogen-bond donors (Lipinski definition) is 1. The van der Waals surface area contributed by atoms with Crippen LogP contribution in [0.3, 0.4) is 0 Å². The maximum atomic E-state index is 13.2. The molecule has 1 aliphatic rings. The van der Waals surface area contributed by atoms with Crippen LogP contribution in [0.15, 0.2) is 30.5 Å². The first-order chi connectivity index (χ1) is 11.0. The summed E-state index contributed by atoms with van der Waals surface area (Å²) in [6.45, 7) is 5.79. The van der Waals surface area contributed by atoms with E-state index in [-0.39, 0.29) is 23.8 Å². The highest BCUT2D eigenvalue weighted by molar-refractivity contribution is 5.92. The summed E-state index contributed by atoms with van der Waals surface area (Å²) in [7, 11) is 0. The maximum absolute atomic E-state index is 13.2. The normalized spacial score (nSPS) is 21.4. The van der Waals surface area contributed by atoms with Gasteiger partial charge in [0.15, 0.2) is 5.69 Å². The monoisotopic (exact) mass is 317 g/mol. The molecular formula is C16H20FN5O. The molecule has 2 heterocycles. The van der Waals surface area contributed by atoms with E-state index in [0.29, 0.717) is 25.3 Å². The Morgan fingerprint density at radius 1 is 1.35 bits per heavy atom. The second-order valence-corrected chi connectivity index (χ2v) is 6.11. The average molecular weight is 317 g/mol. The average Bonchev–Trinajstić information content (AvgIpc) is 2.94. The van der Waals surface area contributed by atoms with Crippen molar-refractivity contribution in [1.29, 1.82) is 0 Å². The minimum absolute atomic E-state index is 0.115. The van der Waals surface area contributed by atoms with E-state index < -0.39 is 0 Å². The summed E-state index contributed by atoms with van der Waals surface area (Å²) >= 11 is 0. The van der Waals surface area contributed by atoms with Crippen LogP contribution in [0.5, 0.6) is 0 Å². The summed E-state index contributed by atoms with van der Waals surface area (Å²) < 4.78 is 14.8. The maximum Gasteiger partial charge on any atom is 0.276 e. The fourth-order valence-electron chi connectivity index (χ4n) is 2.95. The Bertz CT molecular complexity index is 691. The molecule has 3 rings (SSSR count). The lowest BCUT2D eigenvalue weighted by molar-refractivity contribution is 0.0667. The van der Waals surface area contributed by atoms with Crippen molar-refractivity contribution in [2.24, 2.45) is 0 Å². The van der Waals surface area contributed by atoms with Crippen LogP contribution >= 0.6 is 0 Å². The molecule has 0 aliphatic carbocycles. The summed E-state index contributed by atoms with van der Waals surface area (Å²) in [5.41, 5.74) is 1.10. The highest BCUT2D eigenvalue weighted by Gasteiger charge is 2.27. The third-order valence-corrected chi connectivity index (χ3v) is 3.84. The van der Waals surface area contributed by atoms with E-state index in [2.05, 4.69) is 29.5 Å². The number of nitrogens with one attached hydrogen (secondary N) is 1. The predicted molar refractivity (Wildman–Crippen MR) is 83.5 cm³/mol. The lowest BCUT2D eigenvalue weighted by Gasteiger charge is -2.35. The van der Waals surface area contributed by atoms with Crippen molar-refractivity contribution in [3.8, 4) is 0 Å². The van der Waals surface area contributed by atoms with Crippen LogP contribution in [0, 0.1) is 5.82 Å². The zero-order chi connectivity index (χ0) is 16.4. The molecule has 6 nitrogen and oxygen atoms in total. The Labute approximate surface area is 134 Å². The molecule has 1 fully saturated rings. The van der Waals surface area contributed by atoms with Crippen LogP contribution in [0.25, 0.3) is 0 Å². The van der Waals surface area contributed by atoms with E-state index in [1.165, 1.54) is 12.1 Å². The third-order valence-electron chi connectivity index (χ3n) is 3.84. The summed E-state index contributed by atoms with van der Waals surface area (Å²) in [4.78, 5) is 14.3. The topological polar surface area (TPSA) is 63.1 Å². The van der Waals surface area contributed by atoms with Crippen LogP contribution in [-0.2, 0) is 6.54 Å². The van der Waals surface area contributed by atoms with Gasteiger partial charge in [-0.1, -0.05) is 17.3 Å². The Morgan fingerprint density at radius 3 is 2.78 bits per heavy atom. The van der Waals surface area contributed by atoms with Crippen molar-refractivity contribution in [2.45, 2.75) is 32.5 Å². The number of halogens is 1. The molecular weight excluding hydrogens is 297 g/mol. The fourth-order valence-corrected chi connectivity index (χ4v) is 2.95. The number of carbonyl (C=O) groups is 1. The van der Waals surface area contributed by atoms with Crippen molar-refractivity contribution in [1.82, 2.24) is 25.2 Å². The Balaban J connectivity index is 1.70. The van der Waals surface area contributed by atoms with Gasteiger partial charge < -0.3 is 10.2 Å². The smallest absolute Gasteiger partial charge is 0.276 e. The Morgan fingerprint density at radius 2 is 2.09 bits per heavy atom. The number of rotatable bonds is 3. The van der Waals surface area contributed by atoms with Crippen molar-refractivity contribution in [3.63, 3.8) is 0 Å². The van der Waals surface area contributed by atoms with E-state index in [4.69, 9.17) is 0 Å². The van der Waals surface area contributed by atoms with E-state index in [1.54, 1.807) is 21.8 Å². The second kappa shape index (κ2) is 6.45. The highest BCUT2D eigenvalue weighted by Crippen LogP contribution is 2.10. The number of nitrogens with zero attached hydrogens (tertiary/aromatic N) is 4. The molecule has 1 amide bonds. The molecule has 122 valence electrons. The molecule has 0 bridgehead atoms. The molecule has 1 saturated heterocycles. The van der Waals surface area contributed by atoms with Gasteiger partial charge in [-0.2, -0.15) is 0 Å². The first-order valence-corrected chi connectivity index (χ1v) is 7.71. The molecule has 0 radical (unpaired) electrons. The molecule has 1 N–H and O–H groups in total. The predicted octanol–water partition coefficient (Wildman–Crippen LogP) is 1.29. The SMILES string of the molecule is CC1CN(C(=O)c2cn(Cc3cccc(F)c3)nn2)CC(C)N1. The molecule has 0 saturated carbocycles. The van der Waals surface area contributed by atoms with Crippen LogP contribution in [0.1, 0.15) is 29.9 Å². The minimum atomic E-state index is -0.289. The molecule has 1 aliphatic heterocycles. The fraction of sp³-hybridized carbons (Fsp3) is 0.438. The lowest BCUT2D eigenvalue weighted by atomic mass is 10.1.